The van der Waals surface area contributed by atoms with E-state index in [4.69, 9.17) is 14.6 Å². The number of aliphatic carboxylic acids is 1. The molecule has 0 aliphatic rings. The predicted molar refractivity (Wildman–Crippen MR) is 88.6 cm³/mol. The van der Waals surface area contributed by atoms with E-state index in [0.717, 1.165) is 17.2 Å². The summed E-state index contributed by atoms with van der Waals surface area (Å²) >= 11 is 0. The Labute approximate surface area is 138 Å². The number of carboxylic acids is 1. The molecule has 0 aliphatic heterocycles. The number of ether oxygens (including phenoxy) is 2. The third kappa shape index (κ3) is 5.10. The smallest absolute Gasteiger partial charge is 0.336 e. The number of methoxy groups -OCH3 is 1. The standard InChI is InChI=1S/C18H15NO5/c1-23-16-12-14(3-2-13-8-10-19-11-9-13)4-5-15(16)24-18(22)7-6-17(20)21/h2-12H,1H3,(H,20,21)/b3-2+,7-6+. The summed E-state index contributed by atoms with van der Waals surface area (Å²) in [7, 11) is 1.45. The normalized spacial score (nSPS) is 10.9. The maximum atomic E-state index is 11.5. The SMILES string of the molecule is COc1cc(/C=C/c2ccncc2)ccc1OC(=O)/C=C/C(=O)O. The van der Waals surface area contributed by atoms with Crippen LogP contribution < -0.4 is 9.47 Å². The van der Waals surface area contributed by atoms with Gasteiger partial charge in [-0.25, -0.2) is 9.59 Å². The van der Waals surface area contributed by atoms with Crippen LogP contribution in [0.3, 0.4) is 0 Å². The average molecular weight is 325 g/mol. The fourth-order valence-corrected chi connectivity index (χ4v) is 1.82. The molecule has 6 nitrogen and oxygen atoms in total. The van der Waals surface area contributed by atoms with E-state index in [0.29, 0.717) is 11.8 Å². The minimum absolute atomic E-state index is 0.207. The summed E-state index contributed by atoms with van der Waals surface area (Å²) in [6.07, 6.45) is 8.74. The van der Waals surface area contributed by atoms with Gasteiger partial charge in [-0.3, -0.25) is 4.98 Å². The lowest BCUT2D eigenvalue weighted by Crippen LogP contribution is -2.06. The Hall–Kier alpha value is -3.41. The minimum Gasteiger partial charge on any atom is -0.493 e. The molecule has 0 saturated heterocycles. The third-order valence-corrected chi connectivity index (χ3v) is 2.93. The summed E-state index contributed by atoms with van der Waals surface area (Å²) in [5.41, 5.74) is 1.85. The van der Waals surface area contributed by atoms with Crippen molar-refractivity contribution in [3.63, 3.8) is 0 Å². The van der Waals surface area contributed by atoms with Gasteiger partial charge in [0.2, 0.25) is 0 Å². The van der Waals surface area contributed by atoms with Crippen molar-refractivity contribution in [3.05, 3.63) is 66.0 Å². The fourth-order valence-electron chi connectivity index (χ4n) is 1.82. The molecule has 0 spiro atoms. The van der Waals surface area contributed by atoms with E-state index in [1.165, 1.54) is 7.11 Å². The zero-order valence-corrected chi connectivity index (χ0v) is 12.9. The number of carbonyl (C=O) groups is 2. The van der Waals surface area contributed by atoms with Crippen molar-refractivity contribution in [2.75, 3.05) is 7.11 Å². The van der Waals surface area contributed by atoms with Crippen LogP contribution in [0.5, 0.6) is 11.5 Å². The van der Waals surface area contributed by atoms with E-state index >= 15 is 0 Å². The van der Waals surface area contributed by atoms with Gasteiger partial charge in [0.05, 0.1) is 7.11 Å². The molecule has 6 heteroatoms. The number of pyridine rings is 1. The number of rotatable bonds is 6. The number of nitrogens with zero attached hydrogens (tertiary/aromatic N) is 1. The van der Waals surface area contributed by atoms with E-state index < -0.39 is 11.9 Å². The average Bonchev–Trinajstić information content (AvgIpc) is 2.60. The van der Waals surface area contributed by atoms with Gasteiger partial charge >= 0.3 is 11.9 Å². The molecule has 0 amide bonds. The minimum atomic E-state index is -1.23. The quantitative estimate of drug-likeness (QED) is 0.499. The molecular formula is C18H15NO5. The van der Waals surface area contributed by atoms with Gasteiger partial charge in [0.25, 0.3) is 0 Å². The first-order valence-corrected chi connectivity index (χ1v) is 6.97. The molecule has 0 saturated carbocycles. The molecule has 1 aromatic heterocycles. The van der Waals surface area contributed by atoms with E-state index in [-0.39, 0.29) is 5.75 Å². The maximum Gasteiger partial charge on any atom is 0.336 e. The second-order valence-corrected chi connectivity index (χ2v) is 4.62. The highest BCUT2D eigenvalue weighted by molar-refractivity contribution is 5.92. The number of carboxylic acid groups (broad SMARTS) is 1. The van der Waals surface area contributed by atoms with Crippen molar-refractivity contribution in [1.29, 1.82) is 0 Å². The molecule has 0 fully saturated rings. The number of benzene rings is 1. The van der Waals surface area contributed by atoms with Gasteiger partial charge in [-0.1, -0.05) is 18.2 Å². The van der Waals surface area contributed by atoms with E-state index in [9.17, 15) is 9.59 Å². The van der Waals surface area contributed by atoms with Gasteiger partial charge in [-0.05, 0) is 35.4 Å². The highest BCUT2D eigenvalue weighted by Crippen LogP contribution is 2.29. The summed E-state index contributed by atoms with van der Waals surface area (Å²) in [5, 5.41) is 8.49. The Morgan fingerprint density at radius 3 is 2.38 bits per heavy atom. The van der Waals surface area contributed by atoms with Gasteiger partial charge in [0, 0.05) is 24.5 Å². The largest absolute Gasteiger partial charge is 0.493 e. The molecule has 2 rings (SSSR count). The lowest BCUT2D eigenvalue weighted by Gasteiger charge is -2.08. The van der Waals surface area contributed by atoms with E-state index in [1.807, 2.05) is 24.3 Å². The van der Waals surface area contributed by atoms with Crippen molar-refractivity contribution in [2.45, 2.75) is 0 Å². The van der Waals surface area contributed by atoms with Crippen LogP contribution in [0.15, 0.2) is 54.9 Å². The zero-order chi connectivity index (χ0) is 17.4. The summed E-state index contributed by atoms with van der Waals surface area (Å²) in [4.78, 5) is 25.9. The first-order valence-electron chi connectivity index (χ1n) is 6.97. The van der Waals surface area contributed by atoms with Crippen LogP contribution in [0.1, 0.15) is 11.1 Å². The number of aromatic nitrogens is 1. The summed E-state index contributed by atoms with van der Waals surface area (Å²) in [6.45, 7) is 0. The Morgan fingerprint density at radius 2 is 1.71 bits per heavy atom. The van der Waals surface area contributed by atoms with Gasteiger partial charge in [-0.15, -0.1) is 0 Å². The van der Waals surface area contributed by atoms with Crippen molar-refractivity contribution < 1.29 is 24.2 Å². The highest BCUT2D eigenvalue weighted by Gasteiger charge is 2.08. The van der Waals surface area contributed by atoms with Crippen LogP contribution in [-0.4, -0.2) is 29.1 Å². The summed E-state index contributed by atoms with van der Waals surface area (Å²) < 4.78 is 10.3. The second-order valence-electron chi connectivity index (χ2n) is 4.62. The number of carbonyl (C=O) groups excluding carboxylic acids is 1. The molecule has 0 aliphatic carbocycles. The van der Waals surface area contributed by atoms with Crippen LogP contribution in [0.2, 0.25) is 0 Å². The number of hydrogen-bond donors (Lipinski definition) is 1. The molecule has 0 bridgehead atoms. The van der Waals surface area contributed by atoms with Crippen LogP contribution in [0, 0.1) is 0 Å². The molecule has 0 atom stereocenters. The van der Waals surface area contributed by atoms with Crippen LogP contribution in [0.4, 0.5) is 0 Å². The van der Waals surface area contributed by atoms with Crippen molar-refractivity contribution in [3.8, 4) is 11.5 Å². The lowest BCUT2D eigenvalue weighted by atomic mass is 10.1. The Kier molecular flexibility index (Phi) is 5.85. The summed E-state index contributed by atoms with van der Waals surface area (Å²) in [6, 6.07) is 8.79. The molecular weight excluding hydrogens is 310 g/mol. The van der Waals surface area contributed by atoms with E-state index in [1.54, 1.807) is 30.6 Å². The monoisotopic (exact) mass is 325 g/mol. The molecule has 0 unspecified atom stereocenters. The fraction of sp³-hybridized carbons (Fsp3) is 0.0556. The van der Waals surface area contributed by atoms with Crippen molar-refractivity contribution >= 4 is 24.1 Å². The first-order chi connectivity index (χ1) is 11.6. The van der Waals surface area contributed by atoms with Gasteiger partial charge in [-0.2, -0.15) is 0 Å². The molecule has 24 heavy (non-hydrogen) atoms. The van der Waals surface area contributed by atoms with Crippen LogP contribution >= 0.6 is 0 Å². The van der Waals surface area contributed by atoms with Gasteiger partial charge in [0.1, 0.15) is 0 Å². The molecule has 2 aromatic rings. The number of esters is 1. The Morgan fingerprint density at radius 1 is 1.00 bits per heavy atom. The number of hydrogen-bond acceptors (Lipinski definition) is 5. The molecule has 122 valence electrons. The van der Waals surface area contributed by atoms with Crippen LogP contribution in [0.25, 0.3) is 12.2 Å². The van der Waals surface area contributed by atoms with Gasteiger partial charge in [0.15, 0.2) is 11.5 Å². The van der Waals surface area contributed by atoms with Crippen molar-refractivity contribution in [1.82, 2.24) is 4.98 Å². The first kappa shape index (κ1) is 17.0. The maximum absolute atomic E-state index is 11.5. The molecule has 0 radical (unpaired) electrons. The van der Waals surface area contributed by atoms with E-state index in [2.05, 4.69) is 4.98 Å². The Bertz CT molecular complexity index is 781. The second kappa shape index (κ2) is 8.28. The highest BCUT2D eigenvalue weighted by atomic mass is 16.6. The van der Waals surface area contributed by atoms with Crippen LogP contribution in [-0.2, 0) is 9.59 Å². The molecule has 1 heterocycles. The molecule has 1 aromatic carbocycles. The summed E-state index contributed by atoms with van der Waals surface area (Å²) in [5.74, 6) is -1.45. The van der Waals surface area contributed by atoms with Gasteiger partial charge < -0.3 is 14.6 Å². The lowest BCUT2D eigenvalue weighted by molar-refractivity contribution is -0.133. The zero-order valence-electron chi connectivity index (χ0n) is 12.9. The van der Waals surface area contributed by atoms with Crippen molar-refractivity contribution in [2.24, 2.45) is 0 Å². The molecule has 1 N–H and O–H groups in total. The topological polar surface area (TPSA) is 85.7 Å². The Balaban J connectivity index is 2.14. The predicted octanol–water partition coefficient (Wildman–Crippen LogP) is 2.81. The third-order valence-electron chi connectivity index (χ3n) is 2.93.